The van der Waals surface area contributed by atoms with E-state index in [0.29, 0.717) is 18.0 Å². The van der Waals surface area contributed by atoms with Crippen LogP contribution in [0.3, 0.4) is 0 Å². The van der Waals surface area contributed by atoms with Crippen LogP contribution >= 0.6 is 0 Å². The van der Waals surface area contributed by atoms with Crippen molar-refractivity contribution in [2.24, 2.45) is 5.73 Å². The van der Waals surface area contributed by atoms with Gasteiger partial charge in [-0.05, 0) is 43.4 Å². The summed E-state index contributed by atoms with van der Waals surface area (Å²) in [7, 11) is 0. The third kappa shape index (κ3) is 2.53. The lowest BCUT2D eigenvalue weighted by Crippen LogP contribution is -2.49. The third-order valence-electron chi connectivity index (χ3n) is 4.17. The van der Waals surface area contributed by atoms with E-state index in [1.807, 2.05) is 0 Å². The van der Waals surface area contributed by atoms with Crippen LogP contribution < -0.4 is 11.1 Å². The molecule has 0 amide bonds. The van der Waals surface area contributed by atoms with E-state index in [4.69, 9.17) is 5.73 Å². The van der Waals surface area contributed by atoms with Gasteiger partial charge in [-0.1, -0.05) is 25.1 Å². The highest BCUT2D eigenvalue weighted by molar-refractivity contribution is 5.37. The standard InChI is InChI=1S/C15H24N2/c1-4-15-14(8-12(16)9-17-15)13-7-5-6-10(2)11(13)3/h5-7,12,14-15,17H,4,8-9,16H2,1-3H3. The maximum Gasteiger partial charge on any atom is 0.0171 e. The normalized spacial score (nSPS) is 29.3. The first kappa shape index (κ1) is 12.6. The maximum atomic E-state index is 6.11. The summed E-state index contributed by atoms with van der Waals surface area (Å²) in [6.07, 6.45) is 2.28. The lowest BCUT2D eigenvalue weighted by Gasteiger charge is -2.36. The van der Waals surface area contributed by atoms with Crippen LogP contribution in [0.2, 0.25) is 0 Å². The molecule has 0 aliphatic carbocycles. The second-order valence-corrected chi connectivity index (χ2v) is 5.31. The molecule has 1 heterocycles. The largest absolute Gasteiger partial charge is 0.327 e. The zero-order valence-corrected chi connectivity index (χ0v) is 11.2. The molecule has 0 spiro atoms. The van der Waals surface area contributed by atoms with E-state index in [9.17, 15) is 0 Å². The smallest absolute Gasteiger partial charge is 0.0171 e. The van der Waals surface area contributed by atoms with Gasteiger partial charge >= 0.3 is 0 Å². The molecule has 2 rings (SSSR count). The Hall–Kier alpha value is -0.860. The van der Waals surface area contributed by atoms with Gasteiger partial charge in [0.15, 0.2) is 0 Å². The van der Waals surface area contributed by atoms with Gasteiger partial charge in [0.05, 0.1) is 0 Å². The molecule has 94 valence electrons. The molecule has 3 unspecified atom stereocenters. The topological polar surface area (TPSA) is 38.0 Å². The van der Waals surface area contributed by atoms with E-state index in [-0.39, 0.29) is 0 Å². The molecule has 0 saturated carbocycles. The van der Waals surface area contributed by atoms with Crippen molar-refractivity contribution in [1.29, 1.82) is 0 Å². The predicted octanol–water partition coefficient (Wildman–Crippen LogP) is 2.49. The van der Waals surface area contributed by atoms with Crippen LogP contribution in [-0.4, -0.2) is 18.6 Å². The molecule has 17 heavy (non-hydrogen) atoms. The summed E-state index contributed by atoms with van der Waals surface area (Å²) in [6.45, 7) is 7.64. The molecule has 3 N–H and O–H groups in total. The molecule has 1 fully saturated rings. The summed E-state index contributed by atoms with van der Waals surface area (Å²) in [5, 5.41) is 3.59. The SMILES string of the molecule is CCC1NCC(N)CC1c1cccc(C)c1C. The summed E-state index contributed by atoms with van der Waals surface area (Å²) >= 11 is 0. The van der Waals surface area contributed by atoms with Gasteiger partial charge in [0, 0.05) is 24.5 Å². The van der Waals surface area contributed by atoms with E-state index in [2.05, 4.69) is 44.3 Å². The molecular formula is C15H24N2. The molecular weight excluding hydrogens is 208 g/mol. The van der Waals surface area contributed by atoms with Crippen LogP contribution in [0, 0.1) is 13.8 Å². The minimum absolute atomic E-state index is 0.294. The quantitative estimate of drug-likeness (QED) is 0.822. The van der Waals surface area contributed by atoms with Crippen LogP contribution in [0.15, 0.2) is 18.2 Å². The molecule has 2 nitrogen and oxygen atoms in total. The van der Waals surface area contributed by atoms with Crippen LogP contribution in [0.1, 0.15) is 42.4 Å². The monoisotopic (exact) mass is 232 g/mol. The first-order chi connectivity index (χ1) is 8.13. The molecule has 1 aromatic rings. The highest BCUT2D eigenvalue weighted by Crippen LogP contribution is 2.32. The second-order valence-electron chi connectivity index (χ2n) is 5.31. The summed E-state index contributed by atoms with van der Waals surface area (Å²) in [4.78, 5) is 0. The van der Waals surface area contributed by atoms with Gasteiger partial charge in [-0.3, -0.25) is 0 Å². The van der Waals surface area contributed by atoms with E-state index >= 15 is 0 Å². The van der Waals surface area contributed by atoms with Crippen molar-refractivity contribution in [2.45, 2.75) is 51.6 Å². The molecule has 1 aromatic carbocycles. The van der Waals surface area contributed by atoms with Crippen LogP contribution in [0.4, 0.5) is 0 Å². The molecule has 0 radical (unpaired) electrons. The fraction of sp³-hybridized carbons (Fsp3) is 0.600. The number of nitrogens with one attached hydrogen (secondary N) is 1. The summed E-state index contributed by atoms with van der Waals surface area (Å²) in [5.74, 6) is 0.573. The molecule has 1 aliphatic rings. The predicted molar refractivity (Wildman–Crippen MR) is 73.3 cm³/mol. The van der Waals surface area contributed by atoms with Crippen LogP contribution in [0.5, 0.6) is 0 Å². The molecule has 0 bridgehead atoms. The summed E-state index contributed by atoms with van der Waals surface area (Å²) < 4.78 is 0. The van der Waals surface area contributed by atoms with Gasteiger partial charge in [-0.25, -0.2) is 0 Å². The number of benzene rings is 1. The van der Waals surface area contributed by atoms with Crippen molar-refractivity contribution in [1.82, 2.24) is 5.32 Å². The van der Waals surface area contributed by atoms with Crippen molar-refractivity contribution < 1.29 is 0 Å². The Morgan fingerprint density at radius 2 is 2.12 bits per heavy atom. The van der Waals surface area contributed by atoms with Gasteiger partial charge in [-0.2, -0.15) is 0 Å². The van der Waals surface area contributed by atoms with Crippen molar-refractivity contribution in [3.63, 3.8) is 0 Å². The molecule has 3 atom stereocenters. The average Bonchev–Trinajstić information content (AvgIpc) is 2.33. The zero-order valence-electron chi connectivity index (χ0n) is 11.2. The zero-order chi connectivity index (χ0) is 12.4. The lowest BCUT2D eigenvalue weighted by molar-refractivity contribution is 0.313. The first-order valence-corrected chi connectivity index (χ1v) is 6.68. The van der Waals surface area contributed by atoms with Crippen molar-refractivity contribution in [3.05, 3.63) is 34.9 Å². The van der Waals surface area contributed by atoms with Gasteiger partial charge in [0.25, 0.3) is 0 Å². The van der Waals surface area contributed by atoms with E-state index in [1.165, 1.54) is 23.1 Å². The number of aryl methyl sites for hydroxylation is 1. The van der Waals surface area contributed by atoms with Crippen molar-refractivity contribution in [2.75, 3.05) is 6.54 Å². The molecule has 1 aliphatic heterocycles. The number of nitrogens with two attached hydrogens (primary N) is 1. The molecule has 0 aromatic heterocycles. The van der Waals surface area contributed by atoms with Gasteiger partial charge in [0.1, 0.15) is 0 Å². The van der Waals surface area contributed by atoms with Gasteiger partial charge in [-0.15, -0.1) is 0 Å². The van der Waals surface area contributed by atoms with E-state index in [1.54, 1.807) is 0 Å². The van der Waals surface area contributed by atoms with Crippen molar-refractivity contribution >= 4 is 0 Å². The Morgan fingerprint density at radius 3 is 2.82 bits per heavy atom. The van der Waals surface area contributed by atoms with Crippen LogP contribution in [0.25, 0.3) is 0 Å². The third-order valence-corrected chi connectivity index (χ3v) is 4.17. The van der Waals surface area contributed by atoms with Crippen LogP contribution in [-0.2, 0) is 0 Å². The fourth-order valence-electron chi connectivity index (χ4n) is 2.97. The summed E-state index contributed by atoms with van der Waals surface area (Å²) in [5.41, 5.74) is 10.4. The van der Waals surface area contributed by atoms with Gasteiger partial charge in [0.2, 0.25) is 0 Å². The number of piperidine rings is 1. The maximum absolute atomic E-state index is 6.11. The second kappa shape index (κ2) is 5.19. The highest BCUT2D eigenvalue weighted by Gasteiger charge is 2.29. The Kier molecular flexibility index (Phi) is 3.85. The minimum atomic E-state index is 0.294. The lowest BCUT2D eigenvalue weighted by atomic mass is 9.79. The fourth-order valence-corrected chi connectivity index (χ4v) is 2.97. The van der Waals surface area contributed by atoms with Crippen molar-refractivity contribution in [3.8, 4) is 0 Å². The van der Waals surface area contributed by atoms with E-state index < -0.39 is 0 Å². The number of hydrogen-bond acceptors (Lipinski definition) is 2. The molecule has 2 heteroatoms. The molecule has 1 saturated heterocycles. The minimum Gasteiger partial charge on any atom is -0.327 e. The highest BCUT2D eigenvalue weighted by atomic mass is 15.0. The summed E-state index contributed by atoms with van der Waals surface area (Å²) in [6, 6.07) is 7.51. The Labute approximate surface area is 105 Å². The Balaban J connectivity index is 2.32. The number of rotatable bonds is 2. The number of hydrogen-bond donors (Lipinski definition) is 2. The Bertz CT molecular complexity index is 387. The Morgan fingerprint density at radius 1 is 1.35 bits per heavy atom. The van der Waals surface area contributed by atoms with E-state index in [0.717, 1.165) is 13.0 Å². The average molecular weight is 232 g/mol. The van der Waals surface area contributed by atoms with Gasteiger partial charge < -0.3 is 11.1 Å². The first-order valence-electron chi connectivity index (χ1n) is 6.68.